The van der Waals surface area contributed by atoms with E-state index < -0.39 is 11.9 Å². The van der Waals surface area contributed by atoms with Crippen molar-refractivity contribution in [3.05, 3.63) is 11.6 Å². The zero-order valence-electron chi connectivity index (χ0n) is 9.59. The number of aryl methyl sites for hydroxylation is 1. The first kappa shape index (κ1) is 10.7. The van der Waals surface area contributed by atoms with Gasteiger partial charge in [0, 0.05) is 6.54 Å². The first-order chi connectivity index (χ1) is 8.25. The number of nitrogens with one attached hydrogen (secondary N) is 1. The van der Waals surface area contributed by atoms with Crippen molar-refractivity contribution in [2.45, 2.75) is 44.2 Å². The SMILES string of the molecule is O=C(O)C1CCCn2nc(C3CCCN3)nc21. The van der Waals surface area contributed by atoms with Gasteiger partial charge >= 0.3 is 5.97 Å². The second-order valence-electron chi connectivity index (χ2n) is 4.73. The van der Waals surface area contributed by atoms with Crippen molar-refractivity contribution in [1.29, 1.82) is 0 Å². The van der Waals surface area contributed by atoms with Crippen LogP contribution in [-0.2, 0) is 11.3 Å². The Morgan fingerprint density at radius 1 is 1.41 bits per heavy atom. The van der Waals surface area contributed by atoms with Gasteiger partial charge in [0.05, 0.1) is 6.04 Å². The van der Waals surface area contributed by atoms with E-state index >= 15 is 0 Å². The predicted octanol–water partition coefficient (Wildman–Crippen LogP) is 0.665. The Labute approximate surface area is 99.0 Å². The summed E-state index contributed by atoms with van der Waals surface area (Å²) in [7, 11) is 0. The van der Waals surface area contributed by atoms with E-state index in [9.17, 15) is 4.79 Å². The van der Waals surface area contributed by atoms with Crippen molar-refractivity contribution >= 4 is 5.97 Å². The van der Waals surface area contributed by atoms with Gasteiger partial charge in [-0.2, -0.15) is 5.10 Å². The average molecular weight is 236 g/mol. The van der Waals surface area contributed by atoms with Crippen molar-refractivity contribution in [3.63, 3.8) is 0 Å². The lowest BCUT2D eigenvalue weighted by atomic mass is 10.00. The summed E-state index contributed by atoms with van der Waals surface area (Å²) in [6, 6.07) is 0.211. The lowest BCUT2D eigenvalue weighted by Gasteiger charge is -2.17. The zero-order chi connectivity index (χ0) is 11.8. The lowest BCUT2D eigenvalue weighted by Crippen LogP contribution is -2.22. The average Bonchev–Trinajstić information content (AvgIpc) is 2.96. The van der Waals surface area contributed by atoms with Crippen molar-refractivity contribution in [3.8, 4) is 0 Å². The molecule has 0 radical (unpaired) electrons. The molecule has 0 aliphatic carbocycles. The van der Waals surface area contributed by atoms with Crippen LogP contribution in [0.2, 0.25) is 0 Å². The highest BCUT2D eigenvalue weighted by molar-refractivity contribution is 5.75. The molecule has 92 valence electrons. The lowest BCUT2D eigenvalue weighted by molar-refractivity contribution is -0.139. The smallest absolute Gasteiger partial charge is 0.314 e. The van der Waals surface area contributed by atoms with E-state index in [0.29, 0.717) is 12.2 Å². The molecule has 2 N–H and O–H groups in total. The summed E-state index contributed by atoms with van der Waals surface area (Å²) < 4.78 is 1.78. The van der Waals surface area contributed by atoms with Crippen LogP contribution in [0.15, 0.2) is 0 Å². The number of fused-ring (bicyclic) bond motifs is 1. The Morgan fingerprint density at radius 3 is 3.00 bits per heavy atom. The van der Waals surface area contributed by atoms with Crippen LogP contribution >= 0.6 is 0 Å². The molecule has 17 heavy (non-hydrogen) atoms. The Kier molecular flexibility index (Phi) is 2.58. The minimum Gasteiger partial charge on any atom is -0.481 e. The molecule has 0 spiro atoms. The molecule has 3 heterocycles. The van der Waals surface area contributed by atoms with Crippen LogP contribution < -0.4 is 5.32 Å². The van der Waals surface area contributed by atoms with Gasteiger partial charge in [0.1, 0.15) is 11.7 Å². The summed E-state index contributed by atoms with van der Waals surface area (Å²) in [6.07, 6.45) is 3.72. The van der Waals surface area contributed by atoms with Gasteiger partial charge < -0.3 is 10.4 Å². The van der Waals surface area contributed by atoms with Crippen molar-refractivity contribution < 1.29 is 9.90 Å². The third kappa shape index (κ3) is 1.82. The molecule has 3 rings (SSSR count). The molecule has 2 unspecified atom stereocenters. The van der Waals surface area contributed by atoms with E-state index in [1.165, 1.54) is 0 Å². The van der Waals surface area contributed by atoms with Gasteiger partial charge in [0.2, 0.25) is 0 Å². The number of hydrogen-bond acceptors (Lipinski definition) is 4. The molecule has 2 aliphatic heterocycles. The van der Waals surface area contributed by atoms with E-state index in [0.717, 1.165) is 38.2 Å². The highest BCUT2D eigenvalue weighted by atomic mass is 16.4. The summed E-state index contributed by atoms with van der Waals surface area (Å²) in [5.74, 6) is 0.133. The van der Waals surface area contributed by atoms with Crippen LogP contribution in [0.3, 0.4) is 0 Å². The second kappa shape index (κ2) is 4.10. The van der Waals surface area contributed by atoms with Crippen LogP contribution in [0.5, 0.6) is 0 Å². The molecule has 0 amide bonds. The maximum atomic E-state index is 11.2. The van der Waals surface area contributed by atoms with E-state index in [1.54, 1.807) is 4.68 Å². The molecule has 1 fully saturated rings. The molecule has 0 aromatic carbocycles. The molecule has 0 bridgehead atoms. The first-order valence-corrected chi connectivity index (χ1v) is 6.16. The van der Waals surface area contributed by atoms with Gasteiger partial charge in [-0.1, -0.05) is 0 Å². The molecule has 2 atom stereocenters. The zero-order valence-corrected chi connectivity index (χ0v) is 9.59. The molecule has 1 aromatic heterocycles. The van der Waals surface area contributed by atoms with Crippen molar-refractivity contribution in [2.75, 3.05) is 6.54 Å². The van der Waals surface area contributed by atoms with Gasteiger partial charge in [-0.15, -0.1) is 0 Å². The largest absolute Gasteiger partial charge is 0.481 e. The van der Waals surface area contributed by atoms with Gasteiger partial charge in [-0.25, -0.2) is 9.67 Å². The fourth-order valence-electron chi connectivity index (χ4n) is 2.66. The third-order valence-corrected chi connectivity index (χ3v) is 3.56. The number of hydrogen-bond donors (Lipinski definition) is 2. The fraction of sp³-hybridized carbons (Fsp3) is 0.727. The summed E-state index contributed by atoms with van der Waals surface area (Å²) in [5.41, 5.74) is 0. The van der Waals surface area contributed by atoms with Crippen molar-refractivity contribution in [1.82, 2.24) is 20.1 Å². The number of aromatic nitrogens is 3. The maximum absolute atomic E-state index is 11.2. The van der Waals surface area contributed by atoms with Crippen LogP contribution in [0, 0.1) is 0 Å². The molecular formula is C11H16N4O2. The third-order valence-electron chi connectivity index (χ3n) is 3.56. The predicted molar refractivity (Wildman–Crippen MR) is 59.6 cm³/mol. The minimum atomic E-state index is -0.788. The standard InChI is InChI=1S/C11H16N4O2/c16-11(17)7-3-2-6-15-10(7)13-9(14-15)8-4-1-5-12-8/h7-8,12H,1-6H2,(H,16,17). The number of nitrogens with zero attached hydrogens (tertiary/aromatic N) is 3. The Bertz CT molecular complexity index is 437. The summed E-state index contributed by atoms with van der Waals surface area (Å²) in [5, 5.41) is 16.9. The summed E-state index contributed by atoms with van der Waals surface area (Å²) in [6.45, 7) is 1.79. The highest BCUT2D eigenvalue weighted by Gasteiger charge is 2.31. The molecule has 6 nitrogen and oxygen atoms in total. The van der Waals surface area contributed by atoms with Gasteiger partial charge in [0.25, 0.3) is 0 Å². The molecule has 0 saturated carbocycles. The van der Waals surface area contributed by atoms with Crippen molar-refractivity contribution in [2.24, 2.45) is 0 Å². The first-order valence-electron chi connectivity index (χ1n) is 6.16. The van der Waals surface area contributed by atoms with E-state index in [-0.39, 0.29) is 6.04 Å². The number of carboxylic acid groups (broad SMARTS) is 1. The number of rotatable bonds is 2. The molecular weight excluding hydrogens is 220 g/mol. The Hall–Kier alpha value is -1.43. The fourth-order valence-corrected chi connectivity index (χ4v) is 2.66. The van der Waals surface area contributed by atoms with Gasteiger partial charge in [-0.05, 0) is 32.2 Å². The van der Waals surface area contributed by atoms with E-state index in [1.807, 2.05) is 0 Å². The van der Waals surface area contributed by atoms with E-state index in [4.69, 9.17) is 5.11 Å². The topological polar surface area (TPSA) is 80.0 Å². The van der Waals surface area contributed by atoms with Crippen LogP contribution in [0.25, 0.3) is 0 Å². The number of aliphatic carboxylic acids is 1. The highest BCUT2D eigenvalue weighted by Crippen LogP contribution is 2.28. The molecule has 1 aromatic rings. The maximum Gasteiger partial charge on any atom is 0.314 e. The Balaban J connectivity index is 1.92. The van der Waals surface area contributed by atoms with Crippen LogP contribution in [0.1, 0.15) is 49.3 Å². The normalized spacial score (nSPS) is 28.0. The van der Waals surface area contributed by atoms with Gasteiger partial charge in [0.15, 0.2) is 5.82 Å². The minimum absolute atomic E-state index is 0.211. The van der Waals surface area contributed by atoms with Crippen LogP contribution in [-0.4, -0.2) is 32.4 Å². The molecule has 1 saturated heterocycles. The van der Waals surface area contributed by atoms with E-state index in [2.05, 4.69) is 15.4 Å². The van der Waals surface area contributed by atoms with Crippen LogP contribution in [0.4, 0.5) is 0 Å². The monoisotopic (exact) mass is 236 g/mol. The quantitative estimate of drug-likeness (QED) is 0.788. The Morgan fingerprint density at radius 2 is 2.29 bits per heavy atom. The number of carboxylic acids is 1. The second-order valence-corrected chi connectivity index (χ2v) is 4.73. The number of carbonyl (C=O) groups is 1. The van der Waals surface area contributed by atoms with Gasteiger partial charge in [-0.3, -0.25) is 4.79 Å². The summed E-state index contributed by atoms with van der Waals surface area (Å²) >= 11 is 0. The molecule has 6 heteroatoms. The molecule has 2 aliphatic rings. The summed E-state index contributed by atoms with van der Waals surface area (Å²) in [4.78, 5) is 15.6.